The standard InChI is InChI=1S/C12H16N4O2/c1-18-11(17)3-6-15-7-9-16(10-8-15)12-13-4-2-5-14-12/h2-6H,7-10H2,1H3. The molecule has 0 saturated carbocycles. The molecular weight excluding hydrogens is 232 g/mol. The zero-order valence-corrected chi connectivity index (χ0v) is 10.3. The molecule has 1 aromatic rings. The smallest absolute Gasteiger partial charge is 0.331 e. The van der Waals surface area contributed by atoms with Gasteiger partial charge in [-0.3, -0.25) is 0 Å². The van der Waals surface area contributed by atoms with Gasteiger partial charge in [-0.05, 0) is 6.07 Å². The van der Waals surface area contributed by atoms with Crippen LogP contribution in [0.5, 0.6) is 0 Å². The number of hydrogen-bond acceptors (Lipinski definition) is 6. The Morgan fingerprint density at radius 3 is 2.56 bits per heavy atom. The highest BCUT2D eigenvalue weighted by molar-refractivity contribution is 5.81. The van der Waals surface area contributed by atoms with Gasteiger partial charge in [0.05, 0.1) is 7.11 Å². The lowest BCUT2D eigenvalue weighted by atomic mass is 10.3. The SMILES string of the molecule is COC(=O)C=CN1CCN(c2ncccn2)CC1. The van der Waals surface area contributed by atoms with Gasteiger partial charge in [0.15, 0.2) is 0 Å². The van der Waals surface area contributed by atoms with Crippen molar-refractivity contribution in [3.05, 3.63) is 30.7 Å². The van der Waals surface area contributed by atoms with Crippen molar-refractivity contribution < 1.29 is 9.53 Å². The molecule has 0 amide bonds. The van der Waals surface area contributed by atoms with Crippen LogP contribution < -0.4 is 4.90 Å². The van der Waals surface area contributed by atoms with Crippen molar-refractivity contribution in [1.29, 1.82) is 0 Å². The number of nitrogens with zero attached hydrogens (tertiary/aromatic N) is 4. The molecule has 18 heavy (non-hydrogen) atoms. The summed E-state index contributed by atoms with van der Waals surface area (Å²) >= 11 is 0. The first-order valence-corrected chi connectivity index (χ1v) is 5.82. The lowest BCUT2D eigenvalue weighted by Crippen LogP contribution is -2.44. The lowest BCUT2D eigenvalue weighted by molar-refractivity contribution is -0.134. The van der Waals surface area contributed by atoms with Gasteiger partial charge in [0.2, 0.25) is 5.95 Å². The third kappa shape index (κ3) is 3.19. The summed E-state index contributed by atoms with van der Waals surface area (Å²) in [6.07, 6.45) is 6.70. The first-order valence-electron chi connectivity index (χ1n) is 5.82. The van der Waals surface area contributed by atoms with Gasteiger partial charge in [0, 0.05) is 50.8 Å². The molecule has 1 aromatic heterocycles. The second-order valence-electron chi connectivity index (χ2n) is 3.91. The lowest BCUT2D eigenvalue weighted by Gasteiger charge is -2.33. The molecule has 6 heteroatoms. The normalized spacial score (nSPS) is 16.1. The number of anilines is 1. The quantitative estimate of drug-likeness (QED) is 0.566. The molecule has 0 aliphatic carbocycles. The van der Waals surface area contributed by atoms with Gasteiger partial charge in [-0.25, -0.2) is 14.8 Å². The van der Waals surface area contributed by atoms with E-state index in [0.29, 0.717) is 0 Å². The van der Waals surface area contributed by atoms with Crippen LogP contribution in [-0.2, 0) is 9.53 Å². The molecule has 0 N–H and O–H groups in total. The Bertz CT molecular complexity index is 413. The second kappa shape index (κ2) is 6.00. The molecule has 2 heterocycles. The molecule has 1 aliphatic rings. The number of rotatable bonds is 3. The van der Waals surface area contributed by atoms with Crippen LogP contribution in [0, 0.1) is 0 Å². The average Bonchev–Trinajstić information content (AvgIpc) is 2.46. The minimum absolute atomic E-state index is 0.330. The maximum Gasteiger partial charge on any atom is 0.331 e. The summed E-state index contributed by atoms with van der Waals surface area (Å²) in [5.74, 6) is 0.429. The number of esters is 1. The van der Waals surface area contributed by atoms with E-state index >= 15 is 0 Å². The van der Waals surface area contributed by atoms with E-state index in [-0.39, 0.29) is 5.97 Å². The Kier molecular flexibility index (Phi) is 4.11. The van der Waals surface area contributed by atoms with Gasteiger partial charge < -0.3 is 14.5 Å². The van der Waals surface area contributed by atoms with Crippen LogP contribution in [0.2, 0.25) is 0 Å². The van der Waals surface area contributed by atoms with E-state index in [1.165, 1.54) is 13.2 Å². The third-order valence-corrected chi connectivity index (χ3v) is 2.77. The Morgan fingerprint density at radius 2 is 1.94 bits per heavy atom. The fourth-order valence-electron chi connectivity index (χ4n) is 1.76. The molecule has 0 bridgehead atoms. The highest BCUT2D eigenvalue weighted by atomic mass is 16.5. The molecule has 96 valence electrons. The molecule has 0 aromatic carbocycles. The Morgan fingerprint density at radius 1 is 1.28 bits per heavy atom. The number of methoxy groups -OCH3 is 1. The molecule has 0 spiro atoms. The van der Waals surface area contributed by atoms with Crippen LogP contribution in [0.4, 0.5) is 5.95 Å². The zero-order chi connectivity index (χ0) is 12.8. The first kappa shape index (κ1) is 12.3. The molecule has 0 radical (unpaired) electrons. The number of piperazine rings is 1. The molecule has 0 unspecified atom stereocenters. The first-order chi connectivity index (χ1) is 8.79. The summed E-state index contributed by atoms with van der Waals surface area (Å²) in [6, 6.07) is 1.80. The van der Waals surface area contributed by atoms with Gasteiger partial charge in [-0.2, -0.15) is 0 Å². The van der Waals surface area contributed by atoms with Gasteiger partial charge in [-0.1, -0.05) is 0 Å². The van der Waals surface area contributed by atoms with E-state index in [0.717, 1.165) is 32.1 Å². The van der Waals surface area contributed by atoms with Crippen molar-refractivity contribution in [1.82, 2.24) is 14.9 Å². The summed E-state index contributed by atoms with van der Waals surface area (Å²) in [4.78, 5) is 23.6. The number of carbonyl (C=O) groups is 1. The highest BCUT2D eigenvalue weighted by Crippen LogP contribution is 2.09. The summed E-state index contributed by atoms with van der Waals surface area (Å²) < 4.78 is 4.55. The van der Waals surface area contributed by atoms with E-state index < -0.39 is 0 Å². The monoisotopic (exact) mass is 248 g/mol. The van der Waals surface area contributed by atoms with Crippen molar-refractivity contribution in [3.8, 4) is 0 Å². The molecule has 0 atom stereocenters. The summed E-state index contributed by atoms with van der Waals surface area (Å²) in [5, 5.41) is 0. The fraction of sp³-hybridized carbons (Fsp3) is 0.417. The Hall–Kier alpha value is -2.11. The Labute approximate surface area is 106 Å². The number of ether oxygens (including phenoxy) is 1. The summed E-state index contributed by atoms with van der Waals surface area (Å²) in [5.41, 5.74) is 0. The van der Waals surface area contributed by atoms with Crippen molar-refractivity contribution in [2.45, 2.75) is 0 Å². The largest absolute Gasteiger partial charge is 0.466 e. The zero-order valence-electron chi connectivity index (χ0n) is 10.3. The topological polar surface area (TPSA) is 58.6 Å². The van der Waals surface area contributed by atoms with E-state index in [1.807, 2.05) is 0 Å². The van der Waals surface area contributed by atoms with Crippen molar-refractivity contribution in [2.24, 2.45) is 0 Å². The third-order valence-electron chi connectivity index (χ3n) is 2.77. The van der Waals surface area contributed by atoms with Gasteiger partial charge in [-0.15, -0.1) is 0 Å². The minimum atomic E-state index is -0.330. The minimum Gasteiger partial charge on any atom is -0.466 e. The second-order valence-corrected chi connectivity index (χ2v) is 3.91. The number of carbonyl (C=O) groups excluding carboxylic acids is 1. The van der Waals surface area contributed by atoms with E-state index in [2.05, 4.69) is 24.5 Å². The van der Waals surface area contributed by atoms with Crippen LogP contribution in [0.15, 0.2) is 30.7 Å². The predicted molar refractivity (Wildman–Crippen MR) is 67.0 cm³/mol. The number of aromatic nitrogens is 2. The van der Waals surface area contributed by atoms with Crippen LogP contribution >= 0.6 is 0 Å². The van der Waals surface area contributed by atoms with Gasteiger partial charge in [0.1, 0.15) is 0 Å². The molecule has 1 saturated heterocycles. The molecular formula is C12H16N4O2. The Balaban J connectivity index is 1.85. The summed E-state index contributed by atoms with van der Waals surface area (Å²) in [6.45, 7) is 3.36. The van der Waals surface area contributed by atoms with Gasteiger partial charge >= 0.3 is 5.97 Å². The van der Waals surface area contributed by atoms with Crippen LogP contribution in [0.25, 0.3) is 0 Å². The van der Waals surface area contributed by atoms with Crippen LogP contribution in [0.1, 0.15) is 0 Å². The van der Waals surface area contributed by atoms with Crippen LogP contribution in [0.3, 0.4) is 0 Å². The maximum atomic E-state index is 11.0. The van der Waals surface area contributed by atoms with Crippen LogP contribution in [-0.4, -0.2) is 54.1 Å². The molecule has 1 aliphatic heterocycles. The van der Waals surface area contributed by atoms with Gasteiger partial charge in [0.25, 0.3) is 0 Å². The molecule has 1 fully saturated rings. The predicted octanol–water partition coefficient (Wildman–Crippen LogP) is 0.285. The summed E-state index contributed by atoms with van der Waals surface area (Å²) in [7, 11) is 1.37. The number of hydrogen-bond donors (Lipinski definition) is 0. The van der Waals surface area contributed by atoms with E-state index in [4.69, 9.17) is 0 Å². The maximum absolute atomic E-state index is 11.0. The van der Waals surface area contributed by atoms with Crippen molar-refractivity contribution >= 4 is 11.9 Å². The highest BCUT2D eigenvalue weighted by Gasteiger charge is 2.16. The molecule has 6 nitrogen and oxygen atoms in total. The fourth-order valence-corrected chi connectivity index (χ4v) is 1.76. The van der Waals surface area contributed by atoms with Crippen molar-refractivity contribution in [3.63, 3.8) is 0 Å². The van der Waals surface area contributed by atoms with E-state index in [1.54, 1.807) is 24.7 Å². The average molecular weight is 248 g/mol. The molecule has 2 rings (SSSR count). The van der Waals surface area contributed by atoms with E-state index in [9.17, 15) is 4.79 Å². The van der Waals surface area contributed by atoms with Crippen molar-refractivity contribution in [2.75, 3.05) is 38.2 Å².